The third-order valence-corrected chi connectivity index (χ3v) is 4.63. The molecule has 0 bridgehead atoms. The number of benzene rings is 3. The molecule has 0 aromatic heterocycles. The fourth-order valence-corrected chi connectivity index (χ4v) is 3.11. The van der Waals surface area contributed by atoms with Gasteiger partial charge >= 0.3 is 6.03 Å². The van der Waals surface area contributed by atoms with Gasteiger partial charge in [0.2, 0.25) is 0 Å². The van der Waals surface area contributed by atoms with Gasteiger partial charge in [-0.15, -0.1) is 0 Å². The number of hydrogen-bond acceptors (Lipinski definition) is 3. The van der Waals surface area contributed by atoms with Gasteiger partial charge in [0, 0.05) is 5.69 Å². The summed E-state index contributed by atoms with van der Waals surface area (Å²) in [6, 6.07) is 20.1. The maximum absolute atomic E-state index is 13.9. The van der Waals surface area contributed by atoms with Gasteiger partial charge in [-0.1, -0.05) is 67.4 Å². The molecular weight excluding hydrogens is 389 g/mol. The molecule has 0 radical (unpaired) electrons. The standard InChI is InChI=1S/C22H20FN3O2S/c1-15-8-7-11-17(14-15)24-21(27)20(16-9-3-2-4-10-16)26(29)22(28)25-19-13-6-5-12-18(19)23/h2-14,20,29H,1H3,(H,24,27)(H,25,28). The van der Waals surface area contributed by atoms with Crippen molar-refractivity contribution in [2.45, 2.75) is 13.0 Å². The predicted octanol–water partition coefficient (Wildman–Crippen LogP) is 5.19. The Morgan fingerprint density at radius 3 is 2.31 bits per heavy atom. The van der Waals surface area contributed by atoms with Crippen LogP contribution in [0.4, 0.5) is 20.6 Å². The highest BCUT2D eigenvalue weighted by molar-refractivity contribution is 7.78. The topological polar surface area (TPSA) is 61.4 Å². The van der Waals surface area contributed by atoms with Crippen LogP contribution in [-0.4, -0.2) is 16.2 Å². The number of rotatable bonds is 5. The van der Waals surface area contributed by atoms with Crippen molar-refractivity contribution in [2.75, 3.05) is 10.6 Å². The van der Waals surface area contributed by atoms with E-state index < -0.39 is 23.8 Å². The Labute approximate surface area is 174 Å². The monoisotopic (exact) mass is 409 g/mol. The van der Waals surface area contributed by atoms with Gasteiger partial charge in [-0.25, -0.2) is 9.18 Å². The maximum atomic E-state index is 13.9. The van der Waals surface area contributed by atoms with Crippen LogP contribution in [0.15, 0.2) is 78.9 Å². The van der Waals surface area contributed by atoms with Crippen molar-refractivity contribution in [3.8, 4) is 0 Å². The van der Waals surface area contributed by atoms with Crippen LogP contribution in [-0.2, 0) is 4.79 Å². The summed E-state index contributed by atoms with van der Waals surface area (Å²) in [5, 5.41) is 5.25. The number of carbonyl (C=O) groups is 2. The summed E-state index contributed by atoms with van der Waals surface area (Å²) in [4.78, 5) is 25.7. The molecule has 1 unspecified atom stereocenters. The molecule has 0 aliphatic rings. The molecule has 0 saturated carbocycles. The van der Waals surface area contributed by atoms with Crippen LogP contribution in [0.3, 0.4) is 0 Å². The second kappa shape index (κ2) is 9.25. The lowest BCUT2D eigenvalue weighted by molar-refractivity contribution is -0.119. The summed E-state index contributed by atoms with van der Waals surface area (Å²) in [5.74, 6) is -1.02. The minimum absolute atomic E-state index is 0.00227. The number of nitrogens with zero attached hydrogens (tertiary/aromatic N) is 1. The lowest BCUT2D eigenvalue weighted by Crippen LogP contribution is -2.38. The molecule has 3 rings (SSSR count). The molecule has 3 aromatic carbocycles. The SMILES string of the molecule is Cc1cccc(NC(=O)C(c2ccccc2)N(S)C(=O)Nc2ccccc2F)c1. The van der Waals surface area contributed by atoms with Gasteiger partial charge in [0.05, 0.1) is 5.69 Å². The Bertz CT molecular complexity index is 1010. The van der Waals surface area contributed by atoms with E-state index in [1.165, 1.54) is 18.2 Å². The first-order valence-electron chi connectivity index (χ1n) is 8.92. The molecule has 0 spiro atoms. The molecule has 0 aliphatic carbocycles. The highest BCUT2D eigenvalue weighted by Gasteiger charge is 2.30. The van der Waals surface area contributed by atoms with Gasteiger partial charge in [0.15, 0.2) is 0 Å². The Balaban J connectivity index is 1.85. The average molecular weight is 409 g/mol. The van der Waals surface area contributed by atoms with E-state index >= 15 is 0 Å². The van der Waals surface area contributed by atoms with Crippen LogP contribution in [0.25, 0.3) is 0 Å². The van der Waals surface area contributed by atoms with Gasteiger partial charge in [-0.05, 0) is 42.3 Å². The Morgan fingerprint density at radius 2 is 1.62 bits per heavy atom. The first kappa shape index (κ1) is 20.4. The third kappa shape index (κ3) is 5.14. The molecule has 3 amide bonds. The molecule has 5 nitrogen and oxygen atoms in total. The Hall–Kier alpha value is -3.32. The number of aryl methyl sites for hydroxylation is 1. The van der Waals surface area contributed by atoms with E-state index in [0.29, 0.717) is 11.3 Å². The quantitative estimate of drug-likeness (QED) is 0.508. The third-order valence-electron chi connectivity index (χ3n) is 4.22. The second-order valence-corrected chi connectivity index (χ2v) is 6.86. The van der Waals surface area contributed by atoms with Crippen LogP contribution in [0.1, 0.15) is 17.2 Å². The smallest absolute Gasteiger partial charge is 0.324 e. The van der Waals surface area contributed by atoms with Crippen LogP contribution < -0.4 is 10.6 Å². The molecule has 2 N–H and O–H groups in total. The average Bonchev–Trinajstić information content (AvgIpc) is 2.70. The van der Waals surface area contributed by atoms with Gasteiger partial charge < -0.3 is 10.6 Å². The van der Waals surface area contributed by atoms with Crippen LogP contribution in [0.2, 0.25) is 0 Å². The van der Waals surface area contributed by atoms with Crippen molar-refractivity contribution in [2.24, 2.45) is 0 Å². The number of anilines is 2. The van der Waals surface area contributed by atoms with Gasteiger partial charge in [-0.2, -0.15) is 0 Å². The van der Waals surface area contributed by atoms with Crippen LogP contribution >= 0.6 is 12.8 Å². The van der Waals surface area contributed by atoms with E-state index in [4.69, 9.17) is 0 Å². The summed E-state index contributed by atoms with van der Waals surface area (Å²) < 4.78 is 14.8. The van der Waals surface area contributed by atoms with E-state index in [1.807, 2.05) is 25.1 Å². The zero-order valence-corrected chi connectivity index (χ0v) is 16.6. The number of carbonyl (C=O) groups excluding carboxylic acids is 2. The minimum atomic E-state index is -1.04. The molecule has 148 valence electrons. The zero-order chi connectivity index (χ0) is 20.8. The highest BCUT2D eigenvalue weighted by Crippen LogP contribution is 2.26. The number of amides is 3. The molecule has 0 aliphatic heterocycles. The molecule has 3 aromatic rings. The van der Waals surface area contributed by atoms with E-state index in [1.54, 1.807) is 42.5 Å². The number of halogens is 1. The number of urea groups is 1. The summed E-state index contributed by atoms with van der Waals surface area (Å²) in [6.45, 7) is 1.91. The normalized spacial score (nSPS) is 11.4. The van der Waals surface area contributed by atoms with E-state index in [9.17, 15) is 14.0 Å². The van der Waals surface area contributed by atoms with Gasteiger partial charge in [0.1, 0.15) is 11.9 Å². The maximum Gasteiger partial charge on any atom is 0.332 e. The lowest BCUT2D eigenvalue weighted by atomic mass is 10.1. The molecule has 29 heavy (non-hydrogen) atoms. The molecular formula is C22H20FN3O2S. The fraction of sp³-hybridized carbons (Fsp3) is 0.0909. The van der Waals surface area contributed by atoms with Crippen molar-refractivity contribution < 1.29 is 14.0 Å². The van der Waals surface area contributed by atoms with Gasteiger partial charge in [0.25, 0.3) is 5.91 Å². The van der Waals surface area contributed by atoms with Crippen LogP contribution in [0.5, 0.6) is 0 Å². The predicted molar refractivity (Wildman–Crippen MR) is 115 cm³/mol. The van der Waals surface area contributed by atoms with Gasteiger partial charge in [-0.3, -0.25) is 9.10 Å². The van der Waals surface area contributed by atoms with Crippen molar-refractivity contribution in [1.29, 1.82) is 0 Å². The molecule has 7 heteroatoms. The molecule has 1 atom stereocenters. The minimum Gasteiger partial charge on any atom is -0.324 e. The number of thiol groups is 1. The van der Waals surface area contributed by atoms with E-state index in [2.05, 4.69) is 23.4 Å². The second-order valence-electron chi connectivity index (χ2n) is 6.43. The first-order valence-corrected chi connectivity index (χ1v) is 9.32. The summed E-state index contributed by atoms with van der Waals surface area (Å²) in [6.07, 6.45) is 0. The Morgan fingerprint density at radius 1 is 0.931 bits per heavy atom. The number of nitrogens with one attached hydrogen (secondary N) is 2. The summed E-state index contributed by atoms with van der Waals surface area (Å²) in [7, 11) is 0. The first-order chi connectivity index (χ1) is 14.0. The van der Waals surface area contributed by atoms with Crippen molar-refractivity contribution in [3.63, 3.8) is 0 Å². The summed E-state index contributed by atoms with van der Waals surface area (Å²) >= 11 is 4.26. The number of hydrogen-bond donors (Lipinski definition) is 3. The van der Waals surface area contributed by atoms with Crippen molar-refractivity contribution in [3.05, 3.63) is 95.8 Å². The van der Waals surface area contributed by atoms with Crippen molar-refractivity contribution >= 4 is 36.1 Å². The van der Waals surface area contributed by atoms with E-state index in [0.717, 1.165) is 9.87 Å². The summed E-state index contributed by atoms with van der Waals surface area (Å²) in [5.41, 5.74) is 2.16. The lowest BCUT2D eigenvalue weighted by Gasteiger charge is -2.26. The number of para-hydroxylation sites is 1. The molecule has 0 fully saturated rings. The zero-order valence-electron chi connectivity index (χ0n) is 15.7. The molecule has 0 saturated heterocycles. The van der Waals surface area contributed by atoms with Crippen molar-refractivity contribution in [1.82, 2.24) is 4.31 Å². The van der Waals surface area contributed by atoms with E-state index in [-0.39, 0.29) is 5.69 Å². The Kier molecular flexibility index (Phi) is 6.51. The molecule has 0 heterocycles. The highest BCUT2D eigenvalue weighted by atomic mass is 32.1. The largest absolute Gasteiger partial charge is 0.332 e. The fourth-order valence-electron chi connectivity index (χ4n) is 2.82. The van der Waals surface area contributed by atoms with Crippen LogP contribution in [0, 0.1) is 12.7 Å².